The summed E-state index contributed by atoms with van der Waals surface area (Å²) < 4.78 is 12.0. The van der Waals surface area contributed by atoms with Crippen molar-refractivity contribution in [1.29, 1.82) is 0 Å². The van der Waals surface area contributed by atoms with Crippen molar-refractivity contribution in [2.45, 2.75) is 27.7 Å². The van der Waals surface area contributed by atoms with Gasteiger partial charge in [0, 0.05) is 4.47 Å². The summed E-state index contributed by atoms with van der Waals surface area (Å²) in [6.07, 6.45) is 0. The lowest BCUT2D eigenvalue weighted by atomic mass is 10.1. The Labute approximate surface area is 173 Å². The predicted octanol–water partition coefficient (Wildman–Crippen LogP) is 3.94. The Morgan fingerprint density at radius 1 is 1.04 bits per heavy atom. The Bertz CT molecular complexity index is 852. The van der Waals surface area contributed by atoms with Crippen LogP contribution in [0.2, 0.25) is 0 Å². The molecule has 2 aromatic rings. The number of amides is 2. The fraction of sp³-hybridized carbons (Fsp3) is 0.333. The van der Waals surface area contributed by atoms with Crippen molar-refractivity contribution in [1.82, 2.24) is 10.9 Å². The van der Waals surface area contributed by atoms with Crippen LogP contribution in [0.5, 0.6) is 11.5 Å². The van der Waals surface area contributed by atoms with Crippen molar-refractivity contribution in [3.63, 3.8) is 0 Å². The summed E-state index contributed by atoms with van der Waals surface area (Å²) in [7, 11) is 0. The van der Waals surface area contributed by atoms with Gasteiger partial charge in [-0.15, -0.1) is 0 Å². The van der Waals surface area contributed by atoms with Crippen LogP contribution in [-0.2, 0) is 4.79 Å². The molecule has 2 rings (SSSR count). The van der Waals surface area contributed by atoms with E-state index in [1.54, 1.807) is 24.3 Å². The average Bonchev–Trinajstić information content (AvgIpc) is 2.66. The standard InChI is InChI=1S/C21H25BrN2O4/c1-13(2)11-27-19-9-8-16(22)10-17(19)21(26)24-23-20(25)12-28-18-7-5-6-14(3)15(18)4/h5-10,13H,11-12H2,1-4H3,(H,23,25)(H,24,26). The minimum absolute atomic E-state index is 0.209. The number of carbonyl (C=O) groups is 2. The molecule has 7 heteroatoms. The molecule has 0 aromatic heterocycles. The van der Waals surface area contributed by atoms with E-state index in [2.05, 4.69) is 26.8 Å². The fourth-order valence-corrected chi connectivity index (χ4v) is 2.68. The first-order valence-electron chi connectivity index (χ1n) is 8.98. The summed E-state index contributed by atoms with van der Waals surface area (Å²) >= 11 is 3.35. The topological polar surface area (TPSA) is 76.7 Å². The number of nitrogens with one attached hydrogen (secondary N) is 2. The minimum atomic E-state index is -0.472. The maximum Gasteiger partial charge on any atom is 0.276 e. The molecule has 2 amide bonds. The molecule has 0 radical (unpaired) electrons. The SMILES string of the molecule is Cc1cccc(OCC(=O)NNC(=O)c2cc(Br)ccc2OCC(C)C)c1C. The maximum atomic E-state index is 12.5. The van der Waals surface area contributed by atoms with Gasteiger partial charge in [0.05, 0.1) is 12.2 Å². The maximum absolute atomic E-state index is 12.5. The van der Waals surface area contributed by atoms with Crippen LogP contribution in [0.3, 0.4) is 0 Å². The smallest absolute Gasteiger partial charge is 0.276 e. The second-order valence-corrected chi connectivity index (χ2v) is 7.75. The van der Waals surface area contributed by atoms with Gasteiger partial charge < -0.3 is 9.47 Å². The molecule has 0 bridgehead atoms. The van der Waals surface area contributed by atoms with Crippen molar-refractivity contribution in [2.24, 2.45) is 5.92 Å². The van der Waals surface area contributed by atoms with Crippen LogP contribution in [0.4, 0.5) is 0 Å². The number of benzene rings is 2. The van der Waals surface area contributed by atoms with E-state index in [1.165, 1.54) is 0 Å². The molecule has 0 saturated heterocycles. The molecule has 150 valence electrons. The molecule has 0 unspecified atom stereocenters. The summed E-state index contributed by atoms with van der Waals surface area (Å²) in [4.78, 5) is 24.5. The lowest BCUT2D eigenvalue weighted by molar-refractivity contribution is -0.123. The van der Waals surface area contributed by atoms with Gasteiger partial charge in [0.25, 0.3) is 11.8 Å². The molecule has 28 heavy (non-hydrogen) atoms. The first-order valence-corrected chi connectivity index (χ1v) is 9.77. The van der Waals surface area contributed by atoms with Gasteiger partial charge in [-0.1, -0.05) is 41.9 Å². The highest BCUT2D eigenvalue weighted by Gasteiger charge is 2.15. The molecule has 0 atom stereocenters. The number of rotatable bonds is 7. The molecule has 0 fully saturated rings. The van der Waals surface area contributed by atoms with Gasteiger partial charge in [0.15, 0.2) is 6.61 Å². The van der Waals surface area contributed by atoms with Crippen molar-refractivity contribution in [3.05, 3.63) is 57.6 Å². The van der Waals surface area contributed by atoms with Crippen molar-refractivity contribution >= 4 is 27.7 Å². The van der Waals surface area contributed by atoms with E-state index in [4.69, 9.17) is 9.47 Å². The minimum Gasteiger partial charge on any atom is -0.492 e. The molecule has 0 aliphatic rings. The first kappa shape index (κ1) is 21.8. The van der Waals surface area contributed by atoms with Crippen LogP contribution in [-0.4, -0.2) is 25.0 Å². The number of aryl methyl sites for hydroxylation is 1. The van der Waals surface area contributed by atoms with Crippen LogP contribution in [0.25, 0.3) is 0 Å². The Morgan fingerprint density at radius 2 is 1.79 bits per heavy atom. The predicted molar refractivity (Wildman–Crippen MR) is 111 cm³/mol. The van der Waals surface area contributed by atoms with E-state index in [0.717, 1.165) is 15.6 Å². The van der Waals surface area contributed by atoms with Crippen molar-refractivity contribution in [3.8, 4) is 11.5 Å². The number of hydrogen-bond donors (Lipinski definition) is 2. The number of hydrogen-bond acceptors (Lipinski definition) is 4. The van der Waals surface area contributed by atoms with Gasteiger partial charge in [0.1, 0.15) is 11.5 Å². The zero-order valence-corrected chi connectivity index (χ0v) is 18.1. The number of ether oxygens (including phenoxy) is 2. The Balaban J connectivity index is 1.93. The molecular formula is C21H25BrN2O4. The van der Waals surface area contributed by atoms with Crippen molar-refractivity contribution in [2.75, 3.05) is 13.2 Å². The fourth-order valence-electron chi connectivity index (χ4n) is 2.32. The lowest BCUT2D eigenvalue weighted by Gasteiger charge is -2.14. The summed E-state index contributed by atoms with van der Waals surface area (Å²) in [5.74, 6) is 0.476. The zero-order chi connectivity index (χ0) is 20.7. The normalized spacial score (nSPS) is 10.5. The van der Waals surface area contributed by atoms with Gasteiger partial charge in [-0.2, -0.15) is 0 Å². The average molecular weight is 449 g/mol. The van der Waals surface area contributed by atoms with Gasteiger partial charge in [-0.25, -0.2) is 0 Å². The van der Waals surface area contributed by atoms with Gasteiger partial charge in [-0.05, 0) is 55.2 Å². The van der Waals surface area contributed by atoms with E-state index >= 15 is 0 Å². The molecule has 2 N–H and O–H groups in total. The Kier molecular flexibility index (Phi) is 7.87. The second-order valence-electron chi connectivity index (χ2n) is 6.83. The van der Waals surface area contributed by atoms with Gasteiger partial charge >= 0.3 is 0 Å². The van der Waals surface area contributed by atoms with Crippen LogP contribution < -0.4 is 20.3 Å². The summed E-state index contributed by atoms with van der Waals surface area (Å²) in [6, 6.07) is 10.8. The molecule has 0 spiro atoms. The van der Waals surface area contributed by atoms with Crippen molar-refractivity contribution < 1.29 is 19.1 Å². The van der Waals surface area contributed by atoms with E-state index in [1.807, 2.05) is 39.8 Å². The lowest BCUT2D eigenvalue weighted by Crippen LogP contribution is -2.44. The summed E-state index contributed by atoms with van der Waals surface area (Å²) in [5.41, 5.74) is 7.14. The van der Waals surface area contributed by atoms with E-state index in [9.17, 15) is 9.59 Å². The third kappa shape index (κ3) is 6.27. The summed E-state index contributed by atoms with van der Waals surface area (Å²) in [6.45, 7) is 8.22. The Hall–Kier alpha value is -2.54. The Morgan fingerprint density at radius 3 is 2.50 bits per heavy atom. The van der Waals surface area contributed by atoms with Crippen LogP contribution in [0.1, 0.15) is 35.3 Å². The highest BCUT2D eigenvalue weighted by atomic mass is 79.9. The first-order chi connectivity index (χ1) is 13.3. The highest BCUT2D eigenvalue weighted by molar-refractivity contribution is 9.10. The number of halogens is 1. The van der Waals surface area contributed by atoms with Crippen LogP contribution in [0.15, 0.2) is 40.9 Å². The third-order valence-corrected chi connectivity index (χ3v) is 4.48. The zero-order valence-electron chi connectivity index (χ0n) is 16.5. The molecule has 2 aromatic carbocycles. The molecule has 6 nitrogen and oxygen atoms in total. The van der Waals surface area contributed by atoms with Gasteiger partial charge in [0.2, 0.25) is 0 Å². The quantitative estimate of drug-likeness (QED) is 0.628. The monoisotopic (exact) mass is 448 g/mol. The summed E-state index contributed by atoms with van der Waals surface area (Å²) in [5, 5.41) is 0. The second kappa shape index (κ2) is 10.1. The van der Waals surface area contributed by atoms with Crippen LogP contribution >= 0.6 is 15.9 Å². The van der Waals surface area contributed by atoms with Crippen LogP contribution in [0, 0.1) is 19.8 Å². The third-order valence-electron chi connectivity index (χ3n) is 3.99. The van der Waals surface area contributed by atoms with Gasteiger partial charge in [-0.3, -0.25) is 20.4 Å². The highest BCUT2D eigenvalue weighted by Crippen LogP contribution is 2.24. The molecule has 0 heterocycles. The van der Waals surface area contributed by atoms with E-state index in [-0.39, 0.29) is 6.61 Å². The molecule has 0 aliphatic heterocycles. The molecule has 0 aliphatic carbocycles. The molecular weight excluding hydrogens is 424 g/mol. The van der Waals surface area contributed by atoms with E-state index in [0.29, 0.717) is 29.6 Å². The largest absolute Gasteiger partial charge is 0.492 e. The number of carbonyl (C=O) groups excluding carboxylic acids is 2. The number of hydrazine groups is 1. The molecule has 0 saturated carbocycles. The van der Waals surface area contributed by atoms with E-state index < -0.39 is 11.8 Å².